The van der Waals surface area contributed by atoms with Gasteiger partial charge < -0.3 is 5.11 Å². The van der Waals surface area contributed by atoms with Crippen LogP contribution in [0.2, 0.25) is 39.3 Å². The highest BCUT2D eigenvalue weighted by Gasteiger charge is 2.22. The number of carboxylic acid groups (broad SMARTS) is 1. The molecule has 0 aliphatic heterocycles. The van der Waals surface area contributed by atoms with Crippen molar-refractivity contribution < 1.29 is 9.90 Å². The highest BCUT2D eigenvalue weighted by atomic mass is 32.1. The third-order valence-corrected chi connectivity index (χ3v) is 10.2. The van der Waals surface area contributed by atoms with Crippen LogP contribution in [0.15, 0.2) is 53.9 Å². The number of carboxylic acids is 1. The minimum absolute atomic E-state index is 0.407. The summed E-state index contributed by atoms with van der Waals surface area (Å²) in [5, 5.41) is 14.5. The number of hydrogen-bond donors (Lipinski definition) is 1. The molecule has 5 heteroatoms. The normalized spacial score (nSPS) is 12.2. The first-order valence-electron chi connectivity index (χ1n) is 9.55. The fraction of sp³-hybridized carbons (Fsp3) is 0.261. The number of aromatic carboxylic acids is 1. The van der Waals surface area contributed by atoms with Gasteiger partial charge >= 0.3 is 5.97 Å². The van der Waals surface area contributed by atoms with Crippen molar-refractivity contribution in [2.24, 2.45) is 0 Å². The van der Waals surface area contributed by atoms with Crippen molar-refractivity contribution >= 4 is 43.8 Å². The largest absolute Gasteiger partial charge is 0.477 e. The summed E-state index contributed by atoms with van der Waals surface area (Å²) in [5.74, 6) is -0.862. The van der Waals surface area contributed by atoms with Crippen LogP contribution in [0, 0.1) is 0 Å². The number of benzene rings is 2. The van der Waals surface area contributed by atoms with Gasteiger partial charge in [-0.05, 0) is 11.1 Å². The van der Waals surface area contributed by atoms with E-state index in [0.717, 1.165) is 22.3 Å². The minimum Gasteiger partial charge on any atom is -0.477 e. The van der Waals surface area contributed by atoms with Gasteiger partial charge in [0, 0.05) is 16.5 Å². The van der Waals surface area contributed by atoms with Crippen molar-refractivity contribution in [1.82, 2.24) is 0 Å². The monoisotopic (exact) mass is 424 g/mol. The van der Waals surface area contributed by atoms with E-state index in [1.165, 1.54) is 21.7 Å². The summed E-state index contributed by atoms with van der Waals surface area (Å²) in [7, 11) is -2.75. The van der Waals surface area contributed by atoms with E-state index < -0.39 is 22.1 Å². The lowest BCUT2D eigenvalue weighted by Crippen LogP contribution is -2.37. The predicted octanol–water partition coefficient (Wildman–Crippen LogP) is 5.87. The molecule has 2 aromatic carbocycles. The molecule has 0 spiro atoms. The van der Waals surface area contributed by atoms with Gasteiger partial charge in [0.15, 0.2) is 0 Å². The molecule has 1 N–H and O–H groups in total. The summed E-state index contributed by atoms with van der Waals surface area (Å²) >= 11 is 1.31. The Bertz CT molecular complexity index is 989. The maximum atomic E-state index is 11.9. The molecule has 0 fully saturated rings. The van der Waals surface area contributed by atoms with Gasteiger partial charge in [0.1, 0.15) is 4.88 Å². The molecule has 0 bridgehead atoms. The van der Waals surface area contributed by atoms with Gasteiger partial charge in [-0.1, -0.05) is 98.2 Å². The van der Waals surface area contributed by atoms with Crippen LogP contribution in [0.4, 0.5) is 0 Å². The zero-order valence-electron chi connectivity index (χ0n) is 17.5. The van der Waals surface area contributed by atoms with Gasteiger partial charge in [0.2, 0.25) is 0 Å². The molecule has 3 rings (SSSR count). The van der Waals surface area contributed by atoms with Crippen LogP contribution in [-0.4, -0.2) is 27.2 Å². The number of carbonyl (C=O) groups is 1. The number of rotatable bonds is 5. The molecule has 1 heterocycles. The zero-order valence-corrected chi connectivity index (χ0v) is 20.3. The van der Waals surface area contributed by atoms with Crippen molar-refractivity contribution in [3.63, 3.8) is 0 Å². The molecule has 0 unspecified atom stereocenters. The van der Waals surface area contributed by atoms with Gasteiger partial charge in [0.25, 0.3) is 0 Å². The van der Waals surface area contributed by atoms with E-state index >= 15 is 0 Å². The molecule has 1 aromatic heterocycles. The highest BCUT2D eigenvalue weighted by Crippen LogP contribution is 2.39. The van der Waals surface area contributed by atoms with Crippen LogP contribution in [-0.2, 0) is 0 Å². The topological polar surface area (TPSA) is 37.3 Å². The lowest BCUT2D eigenvalue weighted by molar-refractivity contribution is 0.0703. The summed E-state index contributed by atoms with van der Waals surface area (Å²) in [5.41, 5.74) is 3.89. The highest BCUT2D eigenvalue weighted by molar-refractivity contribution is 7.13. The molecule has 28 heavy (non-hydrogen) atoms. The maximum Gasteiger partial charge on any atom is 0.346 e. The second-order valence-corrected chi connectivity index (χ2v) is 20.3. The second-order valence-electron chi connectivity index (χ2n) is 9.31. The van der Waals surface area contributed by atoms with Crippen molar-refractivity contribution in [2.45, 2.75) is 39.3 Å². The fourth-order valence-electron chi connectivity index (χ4n) is 3.30. The molecule has 0 aliphatic carbocycles. The third-order valence-electron chi connectivity index (χ3n) is 5.09. The number of thiophene rings is 1. The van der Waals surface area contributed by atoms with Crippen molar-refractivity contribution in [1.29, 1.82) is 0 Å². The molecule has 3 aromatic rings. The summed E-state index contributed by atoms with van der Waals surface area (Å²) < 4.78 is 0. The van der Waals surface area contributed by atoms with Crippen LogP contribution < -0.4 is 10.4 Å². The lowest BCUT2D eigenvalue weighted by Gasteiger charge is -2.18. The number of hydrogen-bond acceptors (Lipinski definition) is 2. The Labute approximate surface area is 173 Å². The summed E-state index contributed by atoms with van der Waals surface area (Å²) in [4.78, 5) is 12.3. The second kappa shape index (κ2) is 7.46. The Morgan fingerprint density at radius 3 is 1.57 bits per heavy atom. The SMILES string of the molecule is C[Si](C)(C)c1ccc(-c2csc(C(=O)O)c2-c2ccc([Si](C)(C)C)cc2)cc1. The van der Waals surface area contributed by atoms with Crippen LogP contribution in [0.3, 0.4) is 0 Å². The first kappa shape index (κ1) is 20.8. The maximum absolute atomic E-state index is 11.9. The summed E-state index contributed by atoms with van der Waals surface area (Å²) in [6, 6.07) is 17.2. The lowest BCUT2D eigenvalue weighted by atomic mass is 9.97. The van der Waals surface area contributed by atoms with E-state index in [1.807, 2.05) is 5.38 Å². The molecule has 0 amide bonds. The van der Waals surface area contributed by atoms with Gasteiger partial charge in [-0.25, -0.2) is 4.79 Å². The quantitative estimate of drug-likeness (QED) is 0.520. The van der Waals surface area contributed by atoms with E-state index in [1.54, 1.807) is 0 Å². The van der Waals surface area contributed by atoms with Crippen molar-refractivity contribution in [3.05, 3.63) is 58.8 Å². The van der Waals surface area contributed by atoms with Crippen LogP contribution in [0.5, 0.6) is 0 Å². The first-order chi connectivity index (χ1) is 13.0. The molecule has 2 nitrogen and oxygen atoms in total. The van der Waals surface area contributed by atoms with E-state index in [0.29, 0.717) is 4.88 Å². The standard InChI is InChI=1S/C23H28O2SSi2/c1-27(2,3)18-11-7-16(8-12-18)20-15-26-22(23(24)25)21(20)17-9-13-19(14-10-17)28(4,5)6/h7-15H,1-6H3,(H,24,25). The average Bonchev–Trinajstić information content (AvgIpc) is 3.06. The molecular formula is C23H28O2SSi2. The van der Waals surface area contributed by atoms with Crippen LogP contribution in [0.25, 0.3) is 22.3 Å². The Balaban J connectivity index is 2.11. The molecule has 0 saturated heterocycles. The molecule has 0 saturated carbocycles. The summed E-state index contributed by atoms with van der Waals surface area (Å²) in [6.45, 7) is 14.0. The Hall–Kier alpha value is -1.96. The Morgan fingerprint density at radius 1 is 0.750 bits per heavy atom. The minimum atomic E-state index is -1.39. The van der Waals surface area contributed by atoms with E-state index in [2.05, 4.69) is 87.8 Å². The molecule has 146 valence electrons. The van der Waals surface area contributed by atoms with Gasteiger partial charge in [-0.15, -0.1) is 11.3 Å². The average molecular weight is 425 g/mol. The third kappa shape index (κ3) is 4.21. The molecule has 0 radical (unpaired) electrons. The van der Waals surface area contributed by atoms with E-state index in [9.17, 15) is 9.90 Å². The predicted molar refractivity (Wildman–Crippen MR) is 128 cm³/mol. The first-order valence-corrected chi connectivity index (χ1v) is 17.4. The molecule has 0 atom stereocenters. The van der Waals surface area contributed by atoms with Gasteiger partial charge in [-0.3, -0.25) is 0 Å². The Kier molecular flexibility index (Phi) is 5.54. The van der Waals surface area contributed by atoms with Crippen LogP contribution in [0.1, 0.15) is 9.67 Å². The molecule has 0 aliphatic rings. The smallest absolute Gasteiger partial charge is 0.346 e. The van der Waals surface area contributed by atoms with Crippen molar-refractivity contribution in [2.75, 3.05) is 0 Å². The fourth-order valence-corrected chi connectivity index (χ4v) is 6.57. The Morgan fingerprint density at radius 2 is 1.18 bits per heavy atom. The van der Waals surface area contributed by atoms with E-state index in [-0.39, 0.29) is 0 Å². The molecular weight excluding hydrogens is 396 g/mol. The van der Waals surface area contributed by atoms with Crippen molar-refractivity contribution in [3.8, 4) is 22.3 Å². The van der Waals surface area contributed by atoms with Crippen LogP contribution >= 0.6 is 11.3 Å². The summed E-state index contributed by atoms with van der Waals surface area (Å²) in [6.07, 6.45) is 0. The van der Waals surface area contributed by atoms with Gasteiger partial charge in [0.05, 0.1) is 16.1 Å². The van der Waals surface area contributed by atoms with E-state index in [4.69, 9.17) is 0 Å². The zero-order chi connectivity index (χ0) is 20.7. The van der Waals surface area contributed by atoms with Gasteiger partial charge in [-0.2, -0.15) is 0 Å².